The summed E-state index contributed by atoms with van der Waals surface area (Å²) in [4.78, 5) is 3.23. The monoisotopic (exact) mass is 300 g/mol. The number of aromatic nitrogens is 1. The van der Waals surface area contributed by atoms with Gasteiger partial charge in [-0.25, -0.2) is 0 Å². The van der Waals surface area contributed by atoms with Crippen molar-refractivity contribution >= 4 is 28.5 Å². The van der Waals surface area contributed by atoms with Crippen LogP contribution in [-0.2, 0) is 0 Å². The summed E-state index contributed by atoms with van der Waals surface area (Å²) in [6.45, 7) is 6.16. The van der Waals surface area contributed by atoms with Crippen molar-refractivity contribution in [2.24, 2.45) is 5.92 Å². The van der Waals surface area contributed by atoms with Gasteiger partial charge in [0.15, 0.2) is 0 Å². The molecular weight excluding hydrogens is 276 g/mol. The Hall–Kier alpha value is -1.61. The van der Waals surface area contributed by atoms with Crippen molar-refractivity contribution in [3.05, 3.63) is 54.6 Å². The zero-order valence-electron chi connectivity index (χ0n) is 12.6. The highest BCUT2D eigenvalue weighted by Crippen LogP contribution is 2.21. The number of anilines is 1. The molecule has 2 aromatic rings. The van der Waals surface area contributed by atoms with Crippen LogP contribution in [0.2, 0.25) is 0 Å². The van der Waals surface area contributed by atoms with E-state index in [1.54, 1.807) is 11.9 Å². The van der Waals surface area contributed by atoms with Gasteiger partial charge in [-0.1, -0.05) is 38.0 Å². The first kappa shape index (κ1) is 15.8. The number of H-pyrrole nitrogens is 1. The van der Waals surface area contributed by atoms with Gasteiger partial charge in [0.05, 0.1) is 0 Å². The maximum atomic E-state index is 3.92. The Bertz CT molecular complexity index is 586. The van der Waals surface area contributed by atoms with Crippen LogP contribution in [0.25, 0.3) is 10.9 Å². The second-order valence-corrected chi connectivity index (χ2v) is 5.96. The largest absolute Gasteiger partial charge is 0.361 e. The standard InChI is InChI=1S/C18H24N2S/c1-3-5-7-15(4-2)8-6-13-21-20-17-10-9-16-11-12-19-18(16)14-17/h4,6,9-15,19-20H,2-3,5,7-8H2,1H3/b13-6+. The topological polar surface area (TPSA) is 27.8 Å². The molecule has 0 aliphatic carbocycles. The van der Waals surface area contributed by atoms with Crippen molar-refractivity contribution in [2.45, 2.75) is 32.6 Å². The zero-order chi connectivity index (χ0) is 14.9. The Morgan fingerprint density at radius 2 is 2.29 bits per heavy atom. The van der Waals surface area contributed by atoms with Crippen LogP contribution >= 0.6 is 11.9 Å². The van der Waals surface area contributed by atoms with E-state index in [0.717, 1.165) is 17.6 Å². The molecule has 1 aromatic carbocycles. The first-order chi connectivity index (χ1) is 10.3. The van der Waals surface area contributed by atoms with Gasteiger partial charge < -0.3 is 9.71 Å². The van der Waals surface area contributed by atoms with Crippen LogP contribution < -0.4 is 4.72 Å². The minimum atomic E-state index is 0.608. The number of aromatic amines is 1. The number of hydrogen-bond donors (Lipinski definition) is 2. The summed E-state index contributed by atoms with van der Waals surface area (Å²) in [5.41, 5.74) is 2.28. The van der Waals surface area contributed by atoms with E-state index in [-0.39, 0.29) is 0 Å². The van der Waals surface area contributed by atoms with E-state index < -0.39 is 0 Å². The molecule has 21 heavy (non-hydrogen) atoms. The second-order valence-electron chi connectivity index (χ2n) is 5.25. The number of allylic oxidation sites excluding steroid dienone is 2. The molecule has 0 radical (unpaired) electrons. The molecule has 2 rings (SSSR count). The van der Waals surface area contributed by atoms with Gasteiger partial charge in [0.2, 0.25) is 0 Å². The molecule has 112 valence electrons. The molecule has 0 saturated heterocycles. The number of benzene rings is 1. The molecule has 0 saturated carbocycles. The van der Waals surface area contributed by atoms with Crippen LogP contribution in [-0.4, -0.2) is 4.98 Å². The highest BCUT2D eigenvalue weighted by atomic mass is 32.2. The molecule has 0 fully saturated rings. The van der Waals surface area contributed by atoms with Gasteiger partial charge in [0, 0.05) is 17.4 Å². The summed E-state index contributed by atoms with van der Waals surface area (Å²) in [6.07, 6.45) is 11.1. The number of nitrogens with one attached hydrogen (secondary N) is 2. The maximum Gasteiger partial charge on any atom is 0.0474 e. The summed E-state index contributed by atoms with van der Waals surface area (Å²) in [5, 5.41) is 3.37. The van der Waals surface area contributed by atoms with Gasteiger partial charge in [0.1, 0.15) is 0 Å². The van der Waals surface area contributed by atoms with Gasteiger partial charge in [-0.15, -0.1) is 6.58 Å². The normalized spacial score (nSPS) is 12.8. The first-order valence-electron chi connectivity index (χ1n) is 7.60. The first-order valence-corrected chi connectivity index (χ1v) is 8.47. The number of hydrogen-bond acceptors (Lipinski definition) is 2. The van der Waals surface area contributed by atoms with E-state index in [0.29, 0.717) is 5.92 Å². The number of unbranched alkanes of at least 4 members (excludes halogenated alkanes) is 1. The Morgan fingerprint density at radius 3 is 3.10 bits per heavy atom. The van der Waals surface area contributed by atoms with Gasteiger partial charge in [-0.2, -0.15) is 0 Å². The Morgan fingerprint density at radius 1 is 1.38 bits per heavy atom. The van der Waals surface area contributed by atoms with Crippen molar-refractivity contribution < 1.29 is 0 Å². The summed E-state index contributed by atoms with van der Waals surface area (Å²) < 4.78 is 3.35. The van der Waals surface area contributed by atoms with E-state index >= 15 is 0 Å². The number of rotatable bonds is 9. The van der Waals surface area contributed by atoms with E-state index in [4.69, 9.17) is 0 Å². The van der Waals surface area contributed by atoms with E-state index in [1.165, 1.54) is 24.6 Å². The lowest BCUT2D eigenvalue weighted by atomic mass is 9.99. The van der Waals surface area contributed by atoms with Crippen molar-refractivity contribution in [2.75, 3.05) is 4.72 Å². The van der Waals surface area contributed by atoms with Crippen LogP contribution in [0.15, 0.2) is 54.6 Å². The minimum absolute atomic E-state index is 0.608. The summed E-state index contributed by atoms with van der Waals surface area (Å²) in [6, 6.07) is 8.43. The highest BCUT2D eigenvalue weighted by molar-refractivity contribution is 8.03. The predicted octanol–water partition coefficient (Wildman–Crippen LogP) is 6.12. The van der Waals surface area contributed by atoms with Gasteiger partial charge in [-0.3, -0.25) is 0 Å². The third-order valence-corrected chi connectivity index (χ3v) is 4.28. The Labute approximate surface area is 131 Å². The molecule has 0 aliphatic rings. The molecule has 1 atom stereocenters. The third-order valence-electron chi connectivity index (χ3n) is 3.60. The van der Waals surface area contributed by atoms with Crippen LogP contribution in [0.3, 0.4) is 0 Å². The Balaban J connectivity index is 1.75. The quantitative estimate of drug-likeness (QED) is 0.431. The lowest BCUT2D eigenvalue weighted by Gasteiger charge is -2.08. The fourth-order valence-corrected chi connectivity index (χ4v) is 2.83. The maximum absolute atomic E-state index is 3.92. The highest BCUT2D eigenvalue weighted by Gasteiger charge is 2.00. The zero-order valence-corrected chi connectivity index (χ0v) is 13.5. The molecule has 0 aliphatic heterocycles. The lowest BCUT2D eigenvalue weighted by Crippen LogP contribution is -1.93. The molecule has 2 nitrogen and oxygen atoms in total. The fourth-order valence-electron chi connectivity index (χ4n) is 2.29. The van der Waals surface area contributed by atoms with E-state index in [1.807, 2.05) is 6.20 Å². The molecule has 1 heterocycles. The van der Waals surface area contributed by atoms with Crippen molar-refractivity contribution in [1.29, 1.82) is 0 Å². The van der Waals surface area contributed by atoms with E-state index in [9.17, 15) is 0 Å². The number of fused-ring (bicyclic) bond motifs is 1. The van der Waals surface area contributed by atoms with Gasteiger partial charge in [0.25, 0.3) is 0 Å². The molecule has 2 N–H and O–H groups in total. The van der Waals surface area contributed by atoms with E-state index in [2.05, 4.69) is 65.0 Å². The van der Waals surface area contributed by atoms with Gasteiger partial charge >= 0.3 is 0 Å². The SMILES string of the molecule is C=CC(C/C=C/SNc1ccc2cc[nH]c2c1)CCCC. The fraction of sp³-hybridized carbons (Fsp3) is 0.333. The predicted molar refractivity (Wildman–Crippen MR) is 96.5 cm³/mol. The molecule has 1 aromatic heterocycles. The second kappa shape index (κ2) is 8.63. The molecule has 3 heteroatoms. The summed E-state index contributed by atoms with van der Waals surface area (Å²) >= 11 is 1.62. The molecule has 0 bridgehead atoms. The van der Waals surface area contributed by atoms with Crippen molar-refractivity contribution in [1.82, 2.24) is 4.98 Å². The third kappa shape index (κ3) is 5.01. The average molecular weight is 300 g/mol. The molecule has 0 amide bonds. The smallest absolute Gasteiger partial charge is 0.0474 e. The average Bonchev–Trinajstić information content (AvgIpc) is 2.97. The Kier molecular flexibility index (Phi) is 6.48. The van der Waals surface area contributed by atoms with Crippen LogP contribution in [0.1, 0.15) is 32.6 Å². The van der Waals surface area contributed by atoms with Gasteiger partial charge in [-0.05, 0) is 59.7 Å². The molecule has 1 unspecified atom stereocenters. The van der Waals surface area contributed by atoms with Crippen LogP contribution in [0.5, 0.6) is 0 Å². The summed E-state index contributed by atoms with van der Waals surface area (Å²) in [7, 11) is 0. The summed E-state index contributed by atoms with van der Waals surface area (Å²) in [5.74, 6) is 0.608. The lowest BCUT2D eigenvalue weighted by molar-refractivity contribution is 0.562. The molecule has 0 spiro atoms. The molecular formula is C18H24N2S. The minimum Gasteiger partial charge on any atom is -0.361 e. The van der Waals surface area contributed by atoms with Crippen molar-refractivity contribution in [3.63, 3.8) is 0 Å². The van der Waals surface area contributed by atoms with Crippen molar-refractivity contribution in [3.8, 4) is 0 Å². The van der Waals surface area contributed by atoms with Crippen LogP contribution in [0, 0.1) is 5.92 Å². The van der Waals surface area contributed by atoms with Crippen LogP contribution in [0.4, 0.5) is 5.69 Å².